The number of ether oxygens (including phenoxy) is 2. The molecule has 0 N–H and O–H groups in total. The molecule has 0 saturated heterocycles. The van der Waals surface area contributed by atoms with Crippen LogP contribution in [0.25, 0.3) is 0 Å². The lowest BCUT2D eigenvalue weighted by Crippen LogP contribution is -2.10. The van der Waals surface area contributed by atoms with Crippen molar-refractivity contribution in [2.45, 2.75) is 0 Å². The second-order valence-corrected chi connectivity index (χ2v) is 3.79. The first-order valence-corrected chi connectivity index (χ1v) is 5.85. The van der Waals surface area contributed by atoms with Crippen LogP contribution in [0.3, 0.4) is 0 Å². The van der Waals surface area contributed by atoms with Gasteiger partial charge in [0.2, 0.25) is 0 Å². The molecule has 0 amide bonds. The SMILES string of the molecule is O=C(OCC#CI)Oc1cccc(Cl)c1Cl. The zero-order valence-corrected chi connectivity index (χ0v) is 11.5. The molecule has 1 rings (SSSR count). The van der Waals surface area contributed by atoms with Gasteiger partial charge in [0, 0.05) is 22.6 Å². The van der Waals surface area contributed by atoms with E-state index >= 15 is 0 Å². The fourth-order valence-corrected chi connectivity index (χ4v) is 1.29. The lowest BCUT2D eigenvalue weighted by atomic mass is 10.3. The summed E-state index contributed by atoms with van der Waals surface area (Å²) < 4.78 is 12.0. The minimum absolute atomic E-state index is 0.0278. The maximum Gasteiger partial charge on any atom is 0.514 e. The van der Waals surface area contributed by atoms with Gasteiger partial charge in [-0.15, -0.1) is 0 Å². The molecule has 0 aliphatic rings. The molecular weight excluding hydrogens is 366 g/mol. The van der Waals surface area contributed by atoms with Gasteiger partial charge in [-0.05, 0) is 16.1 Å². The topological polar surface area (TPSA) is 35.5 Å². The lowest BCUT2D eigenvalue weighted by Gasteiger charge is -2.05. The van der Waals surface area contributed by atoms with Crippen LogP contribution in [0.1, 0.15) is 0 Å². The van der Waals surface area contributed by atoms with Crippen LogP contribution in [0.5, 0.6) is 5.75 Å². The van der Waals surface area contributed by atoms with Gasteiger partial charge in [0.15, 0.2) is 12.4 Å². The lowest BCUT2D eigenvalue weighted by molar-refractivity contribution is 0.111. The number of hydrogen-bond acceptors (Lipinski definition) is 3. The number of carbonyl (C=O) groups is 1. The van der Waals surface area contributed by atoms with Crippen LogP contribution >= 0.6 is 45.8 Å². The van der Waals surface area contributed by atoms with Crippen LogP contribution in [0.4, 0.5) is 4.79 Å². The summed E-state index contributed by atoms with van der Waals surface area (Å²) >= 11 is 13.4. The van der Waals surface area contributed by atoms with Gasteiger partial charge in [0.25, 0.3) is 0 Å². The molecule has 0 heterocycles. The molecular formula is C10H5Cl2IO3. The van der Waals surface area contributed by atoms with Gasteiger partial charge in [-0.1, -0.05) is 35.2 Å². The highest BCUT2D eigenvalue weighted by atomic mass is 127. The molecule has 0 bridgehead atoms. The Morgan fingerprint density at radius 2 is 2.19 bits per heavy atom. The van der Waals surface area contributed by atoms with Crippen LogP contribution in [-0.4, -0.2) is 12.8 Å². The second-order valence-electron chi connectivity index (χ2n) is 2.46. The maximum atomic E-state index is 11.1. The number of carbonyl (C=O) groups excluding carboxylic acids is 1. The molecule has 0 atom stereocenters. The summed E-state index contributed by atoms with van der Waals surface area (Å²) in [6.07, 6.45) is -0.872. The van der Waals surface area contributed by atoms with Crippen molar-refractivity contribution in [3.05, 3.63) is 28.2 Å². The maximum absolute atomic E-state index is 11.1. The average molecular weight is 371 g/mol. The monoisotopic (exact) mass is 370 g/mol. The van der Waals surface area contributed by atoms with Gasteiger partial charge in [-0.3, -0.25) is 0 Å². The number of halogens is 3. The van der Waals surface area contributed by atoms with E-state index in [0.717, 1.165) is 0 Å². The van der Waals surface area contributed by atoms with E-state index in [1.165, 1.54) is 6.07 Å². The molecule has 0 aliphatic heterocycles. The van der Waals surface area contributed by atoms with E-state index in [1.807, 2.05) is 22.6 Å². The first-order chi connectivity index (χ1) is 7.65. The highest BCUT2D eigenvalue weighted by molar-refractivity contribution is 14.1. The van der Waals surface area contributed by atoms with Gasteiger partial charge in [0.1, 0.15) is 5.02 Å². The second kappa shape index (κ2) is 6.84. The summed E-state index contributed by atoms with van der Waals surface area (Å²) in [6, 6.07) is 4.71. The molecule has 1 aromatic rings. The molecule has 0 radical (unpaired) electrons. The normalized spacial score (nSPS) is 8.94. The zero-order valence-electron chi connectivity index (χ0n) is 7.80. The van der Waals surface area contributed by atoms with E-state index in [2.05, 4.69) is 14.6 Å². The molecule has 0 aliphatic carbocycles. The van der Waals surface area contributed by atoms with Crippen molar-refractivity contribution < 1.29 is 14.3 Å². The Kier molecular flexibility index (Phi) is 5.74. The molecule has 6 heteroatoms. The molecule has 1 aromatic carbocycles. The summed E-state index contributed by atoms with van der Waals surface area (Å²) in [5, 5.41) is 0.472. The van der Waals surface area contributed by atoms with Gasteiger partial charge >= 0.3 is 6.16 Å². The smallest absolute Gasteiger partial charge is 0.421 e. The fourth-order valence-electron chi connectivity index (χ4n) is 0.804. The van der Waals surface area contributed by atoms with Gasteiger partial charge < -0.3 is 9.47 Å². The van der Waals surface area contributed by atoms with Crippen molar-refractivity contribution in [2.75, 3.05) is 6.61 Å². The third-order valence-corrected chi connectivity index (χ3v) is 2.62. The van der Waals surface area contributed by atoms with E-state index in [1.54, 1.807) is 12.1 Å². The average Bonchev–Trinajstić information content (AvgIpc) is 2.25. The van der Waals surface area contributed by atoms with Crippen molar-refractivity contribution in [2.24, 2.45) is 0 Å². The summed E-state index contributed by atoms with van der Waals surface area (Å²) in [4.78, 5) is 11.1. The Morgan fingerprint density at radius 3 is 2.88 bits per heavy atom. The number of rotatable bonds is 2. The molecule has 0 unspecified atom stereocenters. The molecule has 3 nitrogen and oxygen atoms in total. The summed E-state index contributed by atoms with van der Waals surface area (Å²) in [5.74, 6) is 2.70. The molecule has 0 spiro atoms. The Labute approximate surface area is 116 Å². The predicted molar refractivity (Wildman–Crippen MR) is 70.2 cm³/mol. The Hall–Kier alpha value is -0.640. The van der Waals surface area contributed by atoms with Crippen LogP contribution in [0, 0.1) is 9.85 Å². The van der Waals surface area contributed by atoms with E-state index in [-0.39, 0.29) is 17.4 Å². The van der Waals surface area contributed by atoms with Gasteiger partial charge in [-0.25, -0.2) is 4.79 Å². The Bertz CT molecular complexity index is 451. The summed E-state index contributed by atoms with van der Waals surface area (Å²) in [7, 11) is 0. The quantitative estimate of drug-likeness (QED) is 0.343. The van der Waals surface area contributed by atoms with Crippen LogP contribution in [0.2, 0.25) is 10.0 Å². The van der Waals surface area contributed by atoms with Crippen molar-refractivity contribution in [1.29, 1.82) is 0 Å². The van der Waals surface area contributed by atoms with E-state index in [0.29, 0.717) is 5.02 Å². The standard InChI is InChI=1S/C10H5Cl2IO3/c11-7-3-1-4-8(9(7)12)16-10(14)15-6-2-5-13/h1,3-4H,6H2. The van der Waals surface area contributed by atoms with Crippen molar-refractivity contribution in [1.82, 2.24) is 0 Å². The molecule has 84 valence electrons. The third kappa shape index (κ3) is 4.08. The van der Waals surface area contributed by atoms with Crippen LogP contribution in [-0.2, 0) is 4.74 Å². The van der Waals surface area contributed by atoms with Crippen molar-refractivity contribution >= 4 is 51.9 Å². The first kappa shape index (κ1) is 13.4. The zero-order chi connectivity index (χ0) is 12.0. The minimum atomic E-state index is -0.872. The van der Waals surface area contributed by atoms with E-state index in [9.17, 15) is 4.79 Å². The molecule has 0 saturated carbocycles. The summed E-state index contributed by atoms with van der Waals surface area (Å²) in [6.45, 7) is -0.0278. The number of benzene rings is 1. The van der Waals surface area contributed by atoms with Gasteiger partial charge in [-0.2, -0.15) is 0 Å². The largest absolute Gasteiger partial charge is 0.514 e. The van der Waals surface area contributed by atoms with E-state index < -0.39 is 6.16 Å². The van der Waals surface area contributed by atoms with E-state index in [4.69, 9.17) is 27.9 Å². The summed E-state index contributed by atoms with van der Waals surface area (Å²) in [5.41, 5.74) is 0. The minimum Gasteiger partial charge on any atom is -0.421 e. The van der Waals surface area contributed by atoms with Gasteiger partial charge in [0.05, 0.1) is 5.02 Å². The molecule has 16 heavy (non-hydrogen) atoms. The Balaban J connectivity index is 2.61. The third-order valence-electron chi connectivity index (χ3n) is 1.44. The highest BCUT2D eigenvalue weighted by Crippen LogP contribution is 2.31. The Morgan fingerprint density at radius 1 is 1.44 bits per heavy atom. The molecule has 0 fully saturated rings. The van der Waals surface area contributed by atoms with Crippen molar-refractivity contribution in [3.8, 4) is 15.6 Å². The van der Waals surface area contributed by atoms with Crippen LogP contribution < -0.4 is 4.74 Å². The predicted octanol–water partition coefficient (Wildman–Crippen LogP) is 3.90. The van der Waals surface area contributed by atoms with Crippen LogP contribution in [0.15, 0.2) is 18.2 Å². The molecule has 0 aromatic heterocycles. The van der Waals surface area contributed by atoms with Crippen molar-refractivity contribution in [3.63, 3.8) is 0 Å². The first-order valence-electron chi connectivity index (χ1n) is 4.02. The number of hydrogen-bond donors (Lipinski definition) is 0. The highest BCUT2D eigenvalue weighted by Gasteiger charge is 2.10. The fraction of sp³-hybridized carbons (Fsp3) is 0.100.